The summed E-state index contributed by atoms with van der Waals surface area (Å²) in [5.41, 5.74) is 2.16. The van der Waals surface area contributed by atoms with E-state index in [0.717, 1.165) is 43.2 Å². The molecule has 0 radical (unpaired) electrons. The zero-order chi connectivity index (χ0) is 24.1. The molecule has 0 spiro atoms. The van der Waals surface area contributed by atoms with Gasteiger partial charge in [-0.25, -0.2) is 22.7 Å². The maximum absolute atomic E-state index is 12.5. The Morgan fingerprint density at radius 3 is 2.38 bits per heavy atom. The molecule has 0 unspecified atom stereocenters. The van der Waals surface area contributed by atoms with Crippen molar-refractivity contribution in [3.05, 3.63) is 65.2 Å². The van der Waals surface area contributed by atoms with Crippen LogP contribution in [0.1, 0.15) is 53.6 Å². The summed E-state index contributed by atoms with van der Waals surface area (Å²) in [6.45, 7) is 0.530. The van der Waals surface area contributed by atoms with Gasteiger partial charge in [0.15, 0.2) is 0 Å². The normalized spacial score (nSPS) is 16.1. The summed E-state index contributed by atoms with van der Waals surface area (Å²) < 4.78 is 27.1. The highest BCUT2D eigenvalue weighted by molar-refractivity contribution is 7.90. The first-order valence-electron chi connectivity index (χ1n) is 11.4. The Morgan fingerprint density at radius 1 is 0.971 bits per heavy atom. The number of carbonyl (C=O) groups is 3. The van der Waals surface area contributed by atoms with Gasteiger partial charge in [0.1, 0.15) is 0 Å². The number of nitrogens with one attached hydrogen (secondary N) is 3. The molecule has 9 nitrogen and oxygen atoms in total. The first-order chi connectivity index (χ1) is 16.3. The number of benzene rings is 2. The third-order valence-corrected chi connectivity index (χ3v) is 7.50. The van der Waals surface area contributed by atoms with Gasteiger partial charge >= 0.3 is 12.1 Å². The lowest BCUT2D eigenvalue weighted by Gasteiger charge is -2.22. The molecule has 2 aromatic rings. The van der Waals surface area contributed by atoms with Crippen LogP contribution in [0.2, 0.25) is 0 Å². The van der Waals surface area contributed by atoms with Crippen LogP contribution in [0, 0.1) is 0 Å². The Bertz CT molecular complexity index is 1170. The number of fused-ring (bicyclic) bond motifs is 1. The van der Waals surface area contributed by atoms with Crippen LogP contribution in [0.3, 0.4) is 0 Å². The summed E-state index contributed by atoms with van der Waals surface area (Å²) in [7, 11) is -3.98. The number of hydrogen-bond acceptors (Lipinski definition) is 5. The van der Waals surface area contributed by atoms with Crippen molar-refractivity contribution < 1.29 is 22.8 Å². The molecule has 0 aromatic heterocycles. The maximum Gasteiger partial charge on any atom is 0.328 e. The molecule has 0 saturated heterocycles. The summed E-state index contributed by atoms with van der Waals surface area (Å²) in [5.74, 6) is -0.317. The van der Waals surface area contributed by atoms with Crippen LogP contribution < -0.4 is 15.4 Å². The number of hydrogen-bond donors (Lipinski definition) is 3. The lowest BCUT2D eigenvalue weighted by molar-refractivity contribution is 0.0821. The number of imide groups is 1. The lowest BCUT2D eigenvalue weighted by atomic mass is 9.96. The highest BCUT2D eigenvalue weighted by Gasteiger charge is 2.31. The van der Waals surface area contributed by atoms with Gasteiger partial charge in [-0.05, 0) is 48.6 Å². The van der Waals surface area contributed by atoms with Crippen LogP contribution >= 0.6 is 0 Å². The van der Waals surface area contributed by atoms with E-state index in [0.29, 0.717) is 12.0 Å². The van der Waals surface area contributed by atoms with Crippen molar-refractivity contribution in [3.8, 4) is 0 Å². The van der Waals surface area contributed by atoms with Crippen LogP contribution in [0.15, 0.2) is 53.4 Å². The first-order valence-corrected chi connectivity index (χ1v) is 12.9. The predicted molar refractivity (Wildman–Crippen MR) is 126 cm³/mol. The van der Waals surface area contributed by atoms with E-state index in [-0.39, 0.29) is 29.9 Å². The molecule has 2 aromatic carbocycles. The van der Waals surface area contributed by atoms with E-state index >= 15 is 0 Å². The number of rotatable bonds is 6. The predicted octanol–water partition coefficient (Wildman–Crippen LogP) is 2.92. The van der Waals surface area contributed by atoms with E-state index in [1.54, 1.807) is 24.3 Å². The minimum absolute atomic E-state index is 0.00607. The zero-order valence-corrected chi connectivity index (χ0v) is 19.6. The van der Waals surface area contributed by atoms with E-state index in [2.05, 4.69) is 15.4 Å². The van der Waals surface area contributed by atoms with E-state index in [9.17, 15) is 22.8 Å². The van der Waals surface area contributed by atoms with Gasteiger partial charge in [-0.3, -0.25) is 9.69 Å². The number of amides is 5. The van der Waals surface area contributed by atoms with Crippen molar-refractivity contribution in [2.45, 2.75) is 56.0 Å². The third kappa shape index (κ3) is 5.56. The van der Waals surface area contributed by atoms with Gasteiger partial charge < -0.3 is 10.6 Å². The van der Waals surface area contributed by atoms with Crippen LogP contribution in [0.5, 0.6) is 0 Å². The summed E-state index contributed by atoms with van der Waals surface area (Å²) in [6.07, 6.45) is 5.37. The molecule has 1 saturated carbocycles. The molecule has 1 aliphatic heterocycles. The second-order valence-corrected chi connectivity index (χ2v) is 10.3. The van der Waals surface area contributed by atoms with Crippen LogP contribution in [-0.2, 0) is 23.0 Å². The van der Waals surface area contributed by atoms with Crippen molar-refractivity contribution >= 4 is 28.0 Å². The van der Waals surface area contributed by atoms with Gasteiger partial charge in [0.2, 0.25) is 0 Å². The molecule has 2 aliphatic rings. The van der Waals surface area contributed by atoms with E-state index < -0.39 is 22.1 Å². The molecular weight excluding hydrogens is 456 g/mol. The van der Waals surface area contributed by atoms with Crippen LogP contribution in [0.25, 0.3) is 0 Å². The van der Waals surface area contributed by atoms with Gasteiger partial charge in [-0.2, -0.15) is 0 Å². The molecule has 1 aliphatic carbocycles. The van der Waals surface area contributed by atoms with Crippen LogP contribution in [0.4, 0.5) is 9.59 Å². The van der Waals surface area contributed by atoms with Gasteiger partial charge in [0.05, 0.1) is 11.4 Å². The molecule has 1 fully saturated rings. The Hall–Kier alpha value is -3.40. The molecule has 3 N–H and O–H groups in total. The Balaban J connectivity index is 1.25. The fraction of sp³-hybridized carbons (Fsp3) is 0.375. The fourth-order valence-electron chi connectivity index (χ4n) is 4.31. The molecule has 34 heavy (non-hydrogen) atoms. The second-order valence-electron chi connectivity index (χ2n) is 8.59. The minimum Gasteiger partial charge on any atom is -0.337 e. The van der Waals surface area contributed by atoms with Gasteiger partial charge in [-0.1, -0.05) is 49.6 Å². The van der Waals surface area contributed by atoms with Gasteiger partial charge in [0.25, 0.3) is 15.9 Å². The Labute approximate surface area is 199 Å². The minimum atomic E-state index is -3.98. The van der Waals surface area contributed by atoms with Crippen molar-refractivity contribution in [2.75, 3.05) is 6.54 Å². The molecule has 1 heterocycles. The summed E-state index contributed by atoms with van der Waals surface area (Å²) in [4.78, 5) is 38.0. The zero-order valence-electron chi connectivity index (χ0n) is 18.7. The fourth-order valence-corrected chi connectivity index (χ4v) is 5.22. The van der Waals surface area contributed by atoms with Gasteiger partial charge in [0, 0.05) is 18.2 Å². The van der Waals surface area contributed by atoms with E-state index in [1.807, 2.05) is 12.1 Å². The maximum atomic E-state index is 12.5. The van der Waals surface area contributed by atoms with Crippen LogP contribution in [-0.4, -0.2) is 43.9 Å². The Kier molecular flexibility index (Phi) is 7.16. The highest BCUT2D eigenvalue weighted by Crippen LogP contribution is 2.22. The van der Waals surface area contributed by atoms with Crippen molar-refractivity contribution in [1.82, 2.24) is 20.3 Å². The molecule has 0 atom stereocenters. The molecule has 180 valence electrons. The number of carbonyl (C=O) groups excluding carboxylic acids is 3. The Morgan fingerprint density at radius 2 is 1.68 bits per heavy atom. The smallest absolute Gasteiger partial charge is 0.328 e. The molecule has 5 amide bonds. The number of nitrogens with zero attached hydrogens (tertiary/aromatic N) is 1. The number of urea groups is 2. The topological polar surface area (TPSA) is 125 Å². The largest absolute Gasteiger partial charge is 0.337 e. The quantitative estimate of drug-likeness (QED) is 0.582. The highest BCUT2D eigenvalue weighted by atomic mass is 32.2. The van der Waals surface area contributed by atoms with E-state index in [4.69, 9.17) is 0 Å². The third-order valence-electron chi connectivity index (χ3n) is 6.16. The average molecular weight is 485 g/mol. The first kappa shape index (κ1) is 23.7. The summed E-state index contributed by atoms with van der Waals surface area (Å²) in [5, 5.41) is 5.46. The summed E-state index contributed by atoms with van der Waals surface area (Å²) in [6, 6.07) is 12.1. The van der Waals surface area contributed by atoms with Crippen molar-refractivity contribution in [1.29, 1.82) is 0 Å². The lowest BCUT2D eigenvalue weighted by Crippen LogP contribution is -2.45. The monoisotopic (exact) mass is 484 g/mol. The average Bonchev–Trinajstić information content (AvgIpc) is 3.16. The summed E-state index contributed by atoms with van der Waals surface area (Å²) >= 11 is 0. The SMILES string of the molecule is O=C(NC1CCCCC1)NS(=O)(=O)c1ccc(CCNC(=O)N2Cc3ccccc3C2=O)cc1. The molecule has 0 bridgehead atoms. The van der Waals surface area contributed by atoms with Crippen molar-refractivity contribution in [2.24, 2.45) is 0 Å². The molecular formula is C24H28N4O5S. The standard InChI is InChI=1S/C24H28N4O5S/c29-22-21-9-5-4-6-18(21)16-28(22)24(31)25-15-14-17-10-12-20(13-11-17)34(32,33)27-23(30)26-19-7-2-1-3-8-19/h4-6,9-13,19H,1-3,7-8,14-16H2,(H,25,31)(H2,26,27,30). The molecule has 10 heteroatoms. The van der Waals surface area contributed by atoms with Gasteiger partial charge in [-0.15, -0.1) is 0 Å². The van der Waals surface area contributed by atoms with Crippen molar-refractivity contribution in [3.63, 3.8) is 0 Å². The molecule has 4 rings (SSSR count). The second kappa shape index (κ2) is 10.3. The van der Waals surface area contributed by atoms with E-state index in [1.165, 1.54) is 17.0 Å². The number of sulfonamides is 1.